The van der Waals surface area contributed by atoms with E-state index in [9.17, 15) is 0 Å². The van der Waals surface area contributed by atoms with E-state index in [-0.39, 0.29) is 5.38 Å². The topological polar surface area (TPSA) is 39.5 Å². The molecule has 1 fully saturated rings. The number of alkyl halides is 1. The second-order valence-corrected chi connectivity index (χ2v) is 7.05. The highest BCUT2D eigenvalue weighted by molar-refractivity contribution is 6.38. The predicted molar refractivity (Wildman–Crippen MR) is 96.9 cm³/mol. The standard InChI is InChI=1S/C17H23Cl2N3O2/c1-12-13(2)22(14-3-4-15(18)16(19)11-14)20-17(12)24-10-7-21-5-8-23-9-6-21/h3,11,15H,4-10H2,1-2H3. The number of ether oxygens (including phenoxy) is 2. The lowest BCUT2D eigenvalue weighted by atomic mass is 10.1. The third kappa shape index (κ3) is 3.97. The Morgan fingerprint density at radius 3 is 2.79 bits per heavy atom. The Hall–Kier alpha value is -1.01. The number of rotatable bonds is 5. The smallest absolute Gasteiger partial charge is 0.236 e. The zero-order valence-electron chi connectivity index (χ0n) is 14.1. The summed E-state index contributed by atoms with van der Waals surface area (Å²) < 4.78 is 13.2. The third-order valence-corrected chi connectivity index (χ3v) is 5.38. The maximum Gasteiger partial charge on any atom is 0.236 e. The molecule has 5 nitrogen and oxygen atoms in total. The lowest BCUT2D eigenvalue weighted by molar-refractivity contribution is 0.0319. The molecule has 0 saturated carbocycles. The minimum atomic E-state index is -0.142. The van der Waals surface area contributed by atoms with E-state index in [0.717, 1.165) is 49.8 Å². The second-order valence-electron chi connectivity index (χ2n) is 6.09. The number of morpholine rings is 1. The summed E-state index contributed by atoms with van der Waals surface area (Å²) in [5.41, 5.74) is 3.05. The maximum absolute atomic E-state index is 6.18. The summed E-state index contributed by atoms with van der Waals surface area (Å²) in [6, 6.07) is 0. The molecular weight excluding hydrogens is 349 g/mol. The van der Waals surface area contributed by atoms with Crippen LogP contribution in [0.3, 0.4) is 0 Å². The summed E-state index contributed by atoms with van der Waals surface area (Å²) in [5.74, 6) is 0.680. The molecule has 0 spiro atoms. The molecule has 1 aliphatic heterocycles. The van der Waals surface area contributed by atoms with Gasteiger partial charge in [0.05, 0.1) is 24.3 Å². The van der Waals surface area contributed by atoms with Gasteiger partial charge < -0.3 is 9.47 Å². The van der Waals surface area contributed by atoms with Gasteiger partial charge >= 0.3 is 0 Å². The first kappa shape index (κ1) is 17.8. The molecule has 1 aliphatic carbocycles. The molecule has 1 unspecified atom stereocenters. The van der Waals surface area contributed by atoms with Crippen molar-refractivity contribution in [1.29, 1.82) is 0 Å². The first-order valence-electron chi connectivity index (χ1n) is 8.27. The molecule has 3 rings (SSSR count). The number of hydrogen-bond donors (Lipinski definition) is 0. The van der Waals surface area contributed by atoms with Crippen molar-refractivity contribution < 1.29 is 9.47 Å². The normalized spacial score (nSPS) is 22.2. The van der Waals surface area contributed by atoms with Gasteiger partial charge in [-0.2, -0.15) is 0 Å². The van der Waals surface area contributed by atoms with Crippen LogP contribution in [0, 0.1) is 13.8 Å². The van der Waals surface area contributed by atoms with Crippen LogP contribution in [-0.4, -0.2) is 59.5 Å². The van der Waals surface area contributed by atoms with Crippen molar-refractivity contribution in [1.82, 2.24) is 14.7 Å². The van der Waals surface area contributed by atoms with Crippen LogP contribution in [0.5, 0.6) is 5.88 Å². The molecule has 1 atom stereocenters. The van der Waals surface area contributed by atoms with Crippen molar-refractivity contribution in [3.8, 4) is 5.88 Å². The fraction of sp³-hybridized carbons (Fsp3) is 0.588. The summed E-state index contributed by atoms with van der Waals surface area (Å²) in [4.78, 5) is 2.34. The number of nitrogens with zero attached hydrogens (tertiary/aromatic N) is 3. The zero-order valence-corrected chi connectivity index (χ0v) is 15.6. The highest BCUT2D eigenvalue weighted by atomic mass is 35.5. The SMILES string of the molecule is Cc1c(OCCN2CCOCC2)nn(C2=CCC(Cl)C(Cl)=C2)c1C. The van der Waals surface area contributed by atoms with E-state index in [1.165, 1.54) is 0 Å². The van der Waals surface area contributed by atoms with Crippen LogP contribution in [0.1, 0.15) is 17.7 Å². The zero-order chi connectivity index (χ0) is 17.1. The summed E-state index contributed by atoms with van der Waals surface area (Å²) in [6.07, 6.45) is 4.64. The van der Waals surface area contributed by atoms with Crippen LogP contribution < -0.4 is 4.74 Å². The van der Waals surface area contributed by atoms with E-state index in [2.05, 4.69) is 16.1 Å². The molecule has 1 saturated heterocycles. The molecule has 132 valence electrons. The Bertz CT molecular complexity index is 649. The van der Waals surface area contributed by atoms with Gasteiger partial charge in [0.2, 0.25) is 5.88 Å². The maximum atomic E-state index is 6.18. The lowest BCUT2D eigenvalue weighted by Crippen LogP contribution is -2.38. The van der Waals surface area contributed by atoms with Gasteiger partial charge in [-0.05, 0) is 26.3 Å². The fourth-order valence-corrected chi connectivity index (χ4v) is 3.17. The van der Waals surface area contributed by atoms with Crippen LogP contribution in [0.15, 0.2) is 17.2 Å². The summed E-state index contributed by atoms with van der Waals surface area (Å²) in [6.45, 7) is 9.10. The van der Waals surface area contributed by atoms with E-state index in [1.54, 1.807) is 0 Å². The monoisotopic (exact) mass is 371 g/mol. The van der Waals surface area contributed by atoms with E-state index < -0.39 is 0 Å². The van der Waals surface area contributed by atoms with Crippen molar-refractivity contribution >= 4 is 28.9 Å². The minimum Gasteiger partial charge on any atom is -0.475 e. The van der Waals surface area contributed by atoms with Gasteiger partial charge in [0.15, 0.2) is 0 Å². The highest BCUT2D eigenvalue weighted by Gasteiger charge is 2.19. The molecular formula is C17H23Cl2N3O2. The van der Waals surface area contributed by atoms with Gasteiger partial charge in [-0.15, -0.1) is 16.7 Å². The molecule has 2 heterocycles. The fourth-order valence-electron chi connectivity index (χ4n) is 2.81. The molecule has 1 aromatic heterocycles. The van der Waals surface area contributed by atoms with Crippen LogP contribution in [0.25, 0.3) is 5.70 Å². The average Bonchev–Trinajstić information content (AvgIpc) is 2.87. The number of aromatic nitrogens is 2. The van der Waals surface area contributed by atoms with E-state index in [4.69, 9.17) is 32.7 Å². The number of hydrogen-bond acceptors (Lipinski definition) is 4. The Balaban J connectivity index is 1.65. The van der Waals surface area contributed by atoms with Gasteiger partial charge in [0, 0.05) is 35.9 Å². The van der Waals surface area contributed by atoms with Crippen molar-refractivity contribution in [2.45, 2.75) is 25.6 Å². The average molecular weight is 372 g/mol. The molecule has 0 amide bonds. The Kier molecular flexibility index (Phi) is 5.87. The van der Waals surface area contributed by atoms with Crippen LogP contribution >= 0.6 is 23.2 Å². The Labute approximate surface area is 152 Å². The summed E-state index contributed by atoms with van der Waals surface area (Å²) in [5, 5.41) is 5.12. The Morgan fingerprint density at radius 2 is 2.08 bits per heavy atom. The third-order valence-electron chi connectivity index (χ3n) is 4.49. The van der Waals surface area contributed by atoms with Gasteiger partial charge in [-0.25, -0.2) is 4.68 Å². The van der Waals surface area contributed by atoms with Crippen molar-refractivity contribution in [3.63, 3.8) is 0 Å². The van der Waals surface area contributed by atoms with E-state index >= 15 is 0 Å². The minimum absolute atomic E-state index is 0.142. The highest BCUT2D eigenvalue weighted by Crippen LogP contribution is 2.30. The first-order chi connectivity index (χ1) is 11.6. The van der Waals surface area contributed by atoms with Crippen LogP contribution in [0.4, 0.5) is 0 Å². The predicted octanol–water partition coefficient (Wildman–Crippen LogP) is 3.19. The Morgan fingerprint density at radius 1 is 1.33 bits per heavy atom. The molecule has 1 aromatic rings. The van der Waals surface area contributed by atoms with E-state index in [0.29, 0.717) is 23.9 Å². The quantitative estimate of drug-likeness (QED) is 0.745. The van der Waals surface area contributed by atoms with Gasteiger partial charge in [-0.3, -0.25) is 4.90 Å². The van der Waals surface area contributed by atoms with Gasteiger partial charge in [0.1, 0.15) is 6.61 Å². The van der Waals surface area contributed by atoms with Gasteiger partial charge in [-0.1, -0.05) is 17.7 Å². The summed E-state index contributed by atoms with van der Waals surface area (Å²) >= 11 is 12.3. The van der Waals surface area contributed by atoms with Crippen molar-refractivity contribution in [3.05, 3.63) is 28.4 Å². The molecule has 7 heteroatoms. The second kappa shape index (κ2) is 7.91. The van der Waals surface area contributed by atoms with E-state index in [1.807, 2.05) is 24.6 Å². The van der Waals surface area contributed by atoms with Crippen LogP contribution in [-0.2, 0) is 4.74 Å². The van der Waals surface area contributed by atoms with Crippen molar-refractivity contribution in [2.24, 2.45) is 0 Å². The molecule has 0 N–H and O–H groups in total. The van der Waals surface area contributed by atoms with Crippen molar-refractivity contribution in [2.75, 3.05) is 39.5 Å². The number of halogens is 2. The van der Waals surface area contributed by atoms with Gasteiger partial charge in [0.25, 0.3) is 0 Å². The number of allylic oxidation sites excluding steroid dienone is 4. The summed E-state index contributed by atoms with van der Waals surface area (Å²) in [7, 11) is 0. The largest absolute Gasteiger partial charge is 0.475 e. The lowest BCUT2D eigenvalue weighted by Gasteiger charge is -2.26. The molecule has 0 aromatic carbocycles. The molecule has 0 radical (unpaired) electrons. The molecule has 2 aliphatic rings. The first-order valence-corrected chi connectivity index (χ1v) is 9.08. The molecule has 0 bridgehead atoms. The molecule has 24 heavy (non-hydrogen) atoms. The van der Waals surface area contributed by atoms with Crippen LogP contribution in [0.2, 0.25) is 0 Å².